The zero-order valence-corrected chi connectivity index (χ0v) is 12.6. The summed E-state index contributed by atoms with van der Waals surface area (Å²) >= 11 is 0. The van der Waals surface area contributed by atoms with Crippen molar-refractivity contribution in [3.63, 3.8) is 0 Å². The third-order valence-corrected chi connectivity index (χ3v) is 3.99. The van der Waals surface area contributed by atoms with Crippen molar-refractivity contribution in [1.29, 1.82) is 0 Å². The summed E-state index contributed by atoms with van der Waals surface area (Å²) in [5, 5.41) is 9.99. The van der Waals surface area contributed by atoms with Crippen LogP contribution in [-0.4, -0.2) is 40.7 Å². The number of benzene rings is 1. The molecule has 1 aromatic heterocycles. The number of methoxy groups -OCH3 is 1. The molecular formula is C17H17FN2O3. The number of pyridine rings is 1. The number of amides is 1. The monoisotopic (exact) mass is 316 g/mol. The quantitative estimate of drug-likeness (QED) is 0.943. The van der Waals surface area contributed by atoms with Crippen LogP contribution in [0.2, 0.25) is 0 Å². The number of aliphatic hydroxyl groups excluding tert-OH is 1. The summed E-state index contributed by atoms with van der Waals surface area (Å²) in [6.45, 7) is 0.221. The van der Waals surface area contributed by atoms with Gasteiger partial charge in [0, 0.05) is 12.7 Å². The highest BCUT2D eigenvalue weighted by molar-refractivity contribution is 5.96. The van der Waals surface area contributed by atoms with E-state index in [-0.39, 0.29) is 30.2 Å². The fraction of sp³-hybridized carbons (Fsp3) is 0.294. The summed E-state index contributed by atoms with van der Waals surface area (Å²) in [5.74, 6) is -0.350. The Bertz CT molecular complexity index is 705. The molecule has 1 aromatic carbocycles. The van der Waals surface area contributed by atoms with Crippen LogP contribution in [-0.2, 0) is 0 Å². The van der Waals surface area contributed by atoms with Gasteiger partial charge in [-0.3, -0.25) is 4.79 Å². The van der Waals surface area contributed by atoms with E-state index in [2.05, 4.69) is 4.98 Å². The van der Waals surface area contributed by atoms with E-state index in [1.807, 2.05) is 0 Å². The van der Waals surface area contributed by atoms with E-state index in [0.29, 0.717) is 12.0 Å². The first-order valence-electron chi connectivity index (χ1n) is 7.33. The van der Waals surface area contributed by atoms with Gasteiger partial charge >= 0.3 is 0 Å². The zero-order valence-electron chi connectivity index (χ0n) is 12.6. The van der Waals surface area contributed by atoms with Gasteiger partial charge in [0.2, 0.25) is 5.88 Å². The normalized spacial score (nSPS) is 20.6. The molecule has 1 saturated heterocycles. The van der Waals surface area contributed by atoms with Crippen LogP contribution in [0, 0.1) is 5.82 Å². The van der Waals surface area contributed by atoms with Crippen molar-refractivity contribution < 1.29 is 19.0 Å². The summed E-state index contributed by atoms with van der Waals surface area (Å²) in [5.41, 5.74) is 1.13. The maximum atomic E-state index is 13.1. The van der Waals surface area contributed by atoms with E-state index in [1.54, 1.807) is 35.4 Å². The summed E-state index contributed by atoms with van der Waals surface area (Å²) in [4.78, 5) is 18.5. The zero-order chi connectivity index (χ0) is 16.4. The van der Waals surface area contributed by atoms with Crippen LogP contribution in [0.3, 0.4) is 0 Å². The highest BCUT2D eigenvalue weighted by Gasteiger charge is 2.36. The molecule has 1 amide bonds. The lowest BCUT2D eigenvalue weighted by molar-refractivity contribution is 0.0711. The molecular weight excluding hydrogens is 299 g/mol. The first-order valence-corrected chi connectivity index (χ1v) is 7.33. The minimum atomic E-state index is -0.614. The molecule has 2 heterocycles. The van der Waals surface area contributed by atoms with Crippen molar-refractivity contribution in [1.82, 2.24) is 9.88 Å². The summed E-state index contributed by atoms with van der Waals surface area (Å²) in [7, 11) is 1.45. The van der Waals surface area contributed by atoms with Gasteiger partial charge in [-0.1, -0.05) is 12.1 Å². The molecule has 0 unspecified atom stereocenters. The second-order valence-electron chi connectivity index (χ2n) is 5.47. The fourth-order valence-corrected chi connectivity index (χ4v) is 2.91. The Morgan fingerprint density at radius 3 is 2.78 bits per heavy atom. The third kappa shape index (κ3) is 3.03. The predicted octanol–water partition coefficient (Wildman–Crippen LogP) is 2.18. The number of β-amino-alcohol motifs (C(OH)–C–C–N with tert-alkyl or cyclic N) is 1. The maximum absolute atomic E-state index is 13.1. The van der Waals surface area contributed by atoms with E-state index in [4.69, 9.17) is 4.74 Å². The van der Waals surface area contributed by atoms with Gasteiger partial charge in [-0.05, 0) is 36.2 Å². The molecule has 2 aromatic rings. The SMILES string of the molecule is COc1ncccc1C(=O)N1C[C@H](O)C[C@H]1c1ccc(F)cc1. The van der Waals surface area contributed by atoms with Crippen LogP contribution in [0.4, 0.5) is 4.39 Å². The van der Waals surface area contributed by atoms with Crippen molar-refractivity contribution >= 4 is 5.91 Å². The predicted molar refractivity (Wildman–Crippen MR) is 81.6 cm³/mol. The van der Waals surface area contributed by atoms with Gasteiger partial charge in [-0.15, -0.1) is 0 Å². The van der Waals surface area contributed by atoms with Crippen molar-refractivity contribution in [2.45, 2.75) is 18.6 Å². The number of likely N-dealkylation sites (tertiary alicyclic amines) is 1. The van der Waals surface area contributed by atoms with E-state index >= 15 is 0 Å². The molecule has 120 valence electrons. The molecule has 3 rings (SSSR count). The average molecular weight is 316 g/mol. The number of hydrogen-bond donors (Lipinski definition) is 1. The Kier molecular flexibility index (Phi) is 4.25. The molecule has 6 heteroatoms. The third-order valence-electron chi connectivity index (χ3n) is 3.99. The Labute approximate surface area is 133 Å². The van der Waals surface area contributed by atoms with E-state index in [1.165, 1.54) is 19.2 Å². The van der Waals surface area contributed by atoms with Crippen molar-refractivity contribution in [2.75, 3.05) is 13.7 Å². The molecule has 1 N–H and O–H groups in total. The minimum Gasteiger partial charge on any atom is -0.480 e. The molecule has 0 saturated carbocycles. The topological polar surface area (TPSA) is 62.7 Å². The van der Waals surface area contributed by atoms with E-state index in [0.717, 1.165) is 5.56 Å². The molecule has 1 aliphatic heterocycles. The maximum Gasteiger partial charge on any atom is 0.259 e. The van der Waals surface area contributed by atoms with Gasteiger partial charge in [-0.2, -0.15) is 0 Å². The average Bonchev–Trinajstić information content (AvgIpc) is 2.96. The second-order valence-corrected chi connectivity index (χ2v) is 5.47. The number of nitrogens with zero attached hydrogens (tertiary/aromatic N) is 2. The van der Waals surface area contributed by atoms with Crippen LogP contribution >= 0.6 is 0 Å². The molecule has 0 aliphatic carbocycles. The number of rotatable bonds is 3. The highest BCUT2D eigenvalue weighted by Crippen LogP contribution is 2.34. The fourth-order valence-electron chi connectivity index (χ4n) is 2.91. The minimum absolute atomic E-state index is 0.221. The highest BCUT2D eigenvalue weighted by atomic mass is 19.1. The van der Waals surface area contributed by atoms with Crippen molar-refractivity contribution in [3.8, 4) is 5.88 Å². The lowest BCUT2D eigenvalue weighted by Gasteiger charge is -2.25. The Morgan fingerprint density at radius 1 is 1.35 bits per heavy atom. The number of carbonyl (C=O) groups excluding carboxylic acids is 1. The largest absolute Gasteiger partial charge is 0.480 e. The Hall–Kier alpha value is -2.47. The molecule has 23 heavy (non-hydrogen) atoms. The van der Waals surface area contributed by atoms with Gasteiger partial charge in [0.05, 0.1) is 19.3 Å². The molecule has 0 bridgehead atoms. The van der Waals surface area contributed by atoms with Gasteiger partial charge in [0.25, 0.3) is 5.91 Å². The van der Waals surface area contributed by atoms with Gasteiger partial charge in [0.15, 0.2) is 0 Å². The van der Waals surface area contributed by atoms with Crippen LogP contribution in [0.5, 0.6) is 5.88 Å². The number of aliphatic hydroxyl groups is 1. The number of hydrogen-bond acceptors (Lipinski definition) is 4. The van der Waals surface area contributed by atoms with Crippen molar-refractivity contribution in [3.05, 3.63) is 59.5 Å². The number of carbonyl (C=O) groups is 1. The molecule has 0 spiro atoms. The van der Waals surface area contributed by atoms with Crippen LogP contribution in [0.1, 0.15) is 28.4 Å². The molecule has 0 radical (unpaired) electrons. The first kappa shape index (κ1) is 15.4. The van der Waals surface area contributed by atoms with Crippen molar-refractivity contribution in [2.24, 2.45) is 0 Å². The summed E-state index contributed by atoms with van der Waals surface area (Å²) in [6.07, 6.45) is 1.35. The molecule has 5 nitrogen and oxygen atoms in total. The Morgan fingerprint density at radius 2 is 2.09 bits per heavy atom. The first-order chi connectivity index (χ1) is 11.1. The van der Waals surface area contributed by atoms with Crippen LogP contribution in [0.15, 0.2) is 42.6 Å². The van der Waals surface area contributed by atoms with Gasteiger partial charge in [-0.25, -0.2) is 9.37 Å². The standard InChI is InChI=1S/C17H17FN2O3/c1-23-16-14(3-2-8-19-16)17(22)20-10-13(21)9-15(20)11-4-6-12(18)7-5-11/h2-8,13,15,21H,9-10H2,1H3/t13-,15+/m1/s1. The summed E-state index contributed by atoms with van der Waals surface area (Å²) < 4.78 is 18.3. The second kappa shape index (κ2) is 6.34. The smallest absolute Gasteiger partial charge is 0.259 e. The lowest BCUT2D eigenvalue weighted by Crippen LogP contribution is -2.32. The van der Waals surface area contributed by atoms with E-state index < -0.39 is 6.10 Å². The van der Waals surface area contributed by atoms with E-state index in [9.17, 15) is 14.3 Å². The number of ether oxygens (including phenoxy) is 1. The Balaban J connectivity index is 1.93. The molecule has 2 atom stereocenters. The van der Waals surface area contributed by atoms with Crippen LogP contribution < -0.4 is 4.74 Å². The number of aromatic nitrogens is 1. The molecule has 1 fully saturated rings. The molecule has 1 aliphatic rings. The van der Waals surface area contributed by atoms with Gasteiger partial charge < -0.3 is 14.7 Å². The lowest BCUT2D eigenvalue weighted by atomic mass is 10.0. The van der Waals surface area contributed by atoms with Gasteiger partial charge in [0.1, 0.15) is 11.4 Å². The summed E-state index contributed by atoms with van der Waals surface area (Å²) in [6, 6.07) is 8.98. The number of halogens is 1. The van der Waals surface area contributed by atoms with Crippen LogP contribution in [0.25, 0.3) is 0 Å².